The average molecular weight is 296 g/mol. The molecule has 1 aliphatic rings. The lowest BCUT2D eigenvalue weighted by molar-refractivity contribution is 0.0747. The Kier molecular flexibility index (Phi) is 4.15. The van der Waals surface area contributed by atoms with Crippen molar-refractivity contribution in [3.8, 4) is 0 Å². The molecule has 1 saturated heterocycles. The summed E-state index contributed by atoms with van der Waals surface area (Å²) in [5, 5.41) is 5.23. The first-order valence-corrected chi connectivity index (χ1v) is 8.36. The number of carbonyl (C=O) groups excluding carboxylic acids is 1. The van der Waals surface area contributed by atoms with E-state index in [4.69, 9.17) is 5.14 Å². The summed E-state index contributed by atoms with van der Waals surface area (Å²) in [4.78, 5) is 14.3. The zero-order valence-electron chi connectivity index (χ0n) is 11.8. The number of nitrogens with zero attached hydrogens (tertiary/aromatic N) is 1. The number of rotatable bonds is 3. The Labute approximate surface area is 119 Å². The summed E-state index contributed by atoms with van der Waals surface area (Å²) in [6.45, 7) is 4.58. The first-order valence-electron chi connectivity index (χ1n) is 6.81. The minimum Gasteiger partial charge on any atom is -0.336 e. The van der Waals surface area contributed by atoms with Gasteiger partial charge in [-0.05, 0) is 43.9 Å². The number of aryl methyl sites for hydroxylation is 1. The number of sulfonamides is 1. The molecular formula is C14H20N2O3S. The highest BCUT2D eigenvalue weighted by molar-refractivity contribution is 7.89. The first kappa shape index (κ1) is 15.0. The van der Waals surface area contributed by atoms with E-state index in [0.29, 0.717) is 17.5 Å². The zero-order chi connectivity index (χ0) is 14.9. The van der Waals surface area contributed by atoms with Crippen molar-refractivity contribution < 1.29 is 13.2 Å². The minimum atomic E-state index is -3.81. The van der Waals surface area contributed by atoms with Crippen molar-refractivity contribution in [3.05, 3.63) is 29.3 Å². The predicted octanol–water partition coefficient (Wildman–Crippen LogP) is 1.52. The van der Waals surface area contributed by atoms with Crippen LogP contribution in [0.3, 0.4) is 0 Å². The molecule has 2 N–H and O–H groups in total. The van der Waals surface area contributed by atoms with Crippen LogP contribution in [0.2, 0.25) is 0 Å². The van der Waals surface area contributed by atoms with Crippen LogP contribution in [0.15, 0.2) is 23.1 Å². The Morgan fingerprint density at radius 3 is 2.65 bits per heavy atom. The normalized spacial score (nSPS) is 19.4. The second-order valence-electron chi connectivity index (χ2n) is 5.21. The Morgan fingerprint density at radius 2 is 2.15 bits per heavy atom. The number of hydrogen-bond acceptors (Lipinski definition) is 3. The fourth-order valence-corrected chi connectivity index (χ4v) is 3.51. The van der Waals surface area contributed by atoms with Gasteiger partial charge in [-0.15, -0.1) is 0 Å². The summed E-state index contributed by atoms with van der Waals surface area (Å²) in [6, 6.07) is 4.96. The molecule has 0 radical (unpaired) electrons. The molecule has 2 rings (SSSR count). The topological polar surface area (TPSA) is 80.5 Å². The maximum absolute atomic E-state index is 12.4. The lowest BCUT2D eigenvalue weighted by Crippen LogP contribution is -2.33. The molecule has 1 aromatic rings. The molecule has 1 fully saturated rings. The number of nitrogens with two attached hydrogens (primary N) is 1. The third-order valence-corrected chi connectivity index (χ3v) is 4.81. The van der Waals surface area contributed by atoms with Crippen LogP contribution in [0.25, 0.3) is 0 Å². The molecular weight excluding hydrogens is 276 g/mol. The standard InChI is InChI=1S/C14H20N2O3S/c1-3-11-6-7-12(9-13(11)20(15,18)19)14(17)16-8-4-5-10(16)2/h6-7,9-10H,3-5,8H2,1-2H3,(H2,15,18,19). The molecule has 1 unspecified atom stereocenters. The molecule has 110 valence electrons. The number of hydrogen-bond donors (Lipinski definition) is 1. The van der Waals surface area contributed by atoms with Crippen molar-refractivity contribution in [2.45, 2.75) is 44.0 Å². The van der Waals surface area contributed by atoms with E-state index in [1.54, 1.807) is 17.0 Å². The van der Waals surface area contributed by atoms with E-state index >= 15 is 0 Å². The molecule has 0 aliphatic carbocycles. The number of benzene rings is 1. The van der Waals surface area contributed by atoms with E-state index in [-0.39, 0.29) is 16.8 Å². The molecule has 0 bridgehead atoms. The zero-order valence-corrected chi connectivity index (χ0v) is 12.6. The van der Waals surface area contributed by atoms with Crippen LogP contribution < -0.4 is 5.14 Å². The summed E-state index contributed by atoms with van der Waals surface area (Å²) in [5.41, 5.74) is 1.03. The van der Waals surface area contributed by atoms with E-state index in [0.717, 1.165) is 19.4 Å². The maximum atomic E-state index is 12.4. The fraction of sp³-hybridized carbons (Fsp3) is 0.500. The SMILES string of the molecule is CCc1ccc(C(=O)N2CCCC2C)cc1S(N)(=O)=O. The summed E-state index contributed by atoms with van der Waals surface area (Å²) in [5.74, 6) is -0.123. The molecule has 1 amide bonds. The molecule has 0 aromatic heterocycles. The van der Waals surface area contributed by atoms with Gasteiger partial charge in [0.05, 0.1) is 4.90 Å². The van der Waals surface area contributed by atoms with Crippen molar-refractivity contribution >= 4 is 15.9 Å². The van der Waals surface area contributed by atoms with Gasteiger partial charge in [0.1, 0.15) is 0 Å². The monoisotopic (exact) mass is 296 g/mol. The minimum absolute atomic E-state index is 0.0534. The van der Waals surface area contributed by atoms with E-state index in [1.165, 1.54) is 6.07 Å². The quantitative estimate of drug-likeness (QED) is 0.918. The molecule has 1 atom stereocenters. The molecule has 1 aliphatic heterocycles. The van der Waals surface area contributed by atoms with Gasteiger partial charge in [-0.2, -0.15) is 0 Å². The second kappa shape index (κ2) is 5.54. The van der Waals surface area contributed by atoms with E-state index < -0.39 is 10.0 Å². The fourth-order valence-electron chi connectivity index (χ4n) is 2.65. The van der Waals surface area contributed by atoms with Crippen LogP contribution in [-0.4, -0.2) is 31.8 Å². The van der Waals surface area contributed by atoms with Gasteiger partial charge in [0.2, 0.25) is 10.0 Å². The van der Waals surface area contributed by atoms with Gasteiger partial charge < -0.3 is 4.90 Å². The van der Waals surface area contributed by atoms with Crippen molar-refractivity contribution in [2.75, 3.05) is 6.54 Å². The van der Waals surface area contributed by atoms with Gasteiger partial charge in [-0.1, -0.05) is 13.0 Å². The highest BCUT2D eigenvalue weighted by Gasteiger charge is 2.27. The third-order valence-electron chi connectivity index (χ3n) is 3.82. The highest BCUT2D eigenvalue weighted by Crippen LogP contribution is 2.22. The molecule has 20 heavy (non-hydrogen) atoms. The van der Waals surface area contributed by atoms with E-state index in [1.807, 2.05) is 13.8 Å². The first-order chi connectivity index (χ1) is 9.34. The Morgan fingerprint density at radius 1 is 1.45 bits per heavy atom. The number of primary sulfonamides is 1. The molecule has 0 saturated carbocycles. The van der Waals surface area contributed by atoms with Gasteiger partial charge in [0, 0.05) is 18.2 Å². The predicted molar refractivity (Wildman–Crippen MR) is 76.9 cm³/mol. The van der Waals surface area contributed by atoms with E-state index in [9.17, 15) is 13.2 Å². The lowest BCUT2D eigenvalue weighted by atomic mass is 10.1. The summed E-state index contributed by atoms with van der Waals surface area (Å²) >= 11 is 0. The van der Waals surface area contributed by atoms with Gasteiger partial charge in [0.25, 0.3) is 5.91 Å². The van der Waals surface area contributed by atoms with Crippen molar-refractivity contribution in [1.82, 2.24) is 4.90 Å². The molecule has 1 heterocycles. The highest BCUT2D eigenvalue weighted by atomic mass is 32.2. The van der Waals surface area contributed by atoms with Crippen LogP contribution in [-0.2, 0) is 16.4 Å². The van der Waals surface area contributed by atoms with Crippen LogP contribution >= 0.6 is 0 Å². The lowest BCUT2D eigenvalue weighted by Gasteiger charge is -2.22. The second-order valence-corrected chi connectivity index (χ2v) is 6.74. The largest absolute Gasteiger partial charge is 0.336 e. The van der Waals surface area contributed by atoms with Crippen LogP contribution in [0, 0.1) is 0 Å². The number of amides is 1. The molecule has 1 aromatic carbocycles. The average Bonchev–Trinajstić information content (AvgIpc) is 2.82. The Balaban J connectivity index is 2.41. The maximum Gasteiger partial charge on any atom is 0.254 e. The Hall–Kier alpha value is -1.40. The van der Waals surface area contributed by atoms with Gasteiger partial charge in [0.15, 0.2) is 0 Å². The van der Waals surface area contributed by atoms with Crippen LogP contribution in [0.1, 0.15) is 42.6 Å². The molecule has 5 nitrogen and oxygen atoms in total. The van der Waals surface area contributed by atoms with Crippen LogP contribution in [0.4, 0.5) is 0 Å². The van der Waals surface area contributed by atoms with Crippen molar-refractivity contribution in [3.63, 3.8) is 0 Å². The third kappa shape index (κ3) is 2.86. The summed E-state index contributed by atoms with van der Waals surface area (Å²) in [7, 11) is -3.81. The van der Waals surface area contributed by atoms with Gasteiger partial charge in [-0.25, -0.2) is 13.6 Å². The molecule has 0 spiro atoms. The van der Waals surface area contributed by atoms with Gasteiger partial charge in [-0.3, -0.25) is 4.79 Å². The van der Waals surface area contributed by atoms with Crippen molar-refractivity contribution in [1.29, 1.82) is 0 Å². The van der Waals surface area contributed by atoms with Gasteiger partial charge >= 0.3 is 0 Å². The van der Waals surface area contributed by atoms with Crippen LogP contribution in [0.5, 0.6) is 0 Å². The summed E-state index contributed by atoms with van der Waals surface area (Å²) < 4.78 is 23.3. The van der Waals surface area contributed by atoms with E-state index in [2.05, 4.69) is 0 Å². The van der Waals surface area contributed by atoms with Crippen molar-refractivity contribution in [2.24, 2.45) is 5.14 Å². The smallest absolute Gasteiger partial charge is 0.254 e. The Bertz CT molecular complexity index is 625. The summed E-state index contributed by atoms with van der Waals surface area (Å²) in [6.07, 6.45) is 2.53. The number of likely N-dealkylation sites (tertiary alicyclic amines) is 1. The number of carbonyl (C=O) groups is 1. The molecule has 6 heteroatoms.